The first kappa shape index (κ1) is 24.1. The summed E-state index contributed by atoms with van der Waals surface area (Å²) in [7, 11) is 0. The third kappa shape index (κ3) is 6.99. The Morgan fingerprint density at radius 2 is 1.53 bits per heavy atom. The smallest absolute Gasteiger partial charge is 0.246 e. The topological polar surface area (TPSA) is 41.6 Å². The van der Waals surface area contributed by atoms with Gasteiger partial charge in [0, 0.05) is 19.6 Å². The van der Waals surface area contributed by atoms with Crippen LogP contribution in [0.15, 0.2) is 84.9 Å². The van der Waals surface area contributed by atoms with Crippen LogP contribution in [-0.4, -0.2) is 37.0 Å². The lowest BCUT2D eigenvalue weighted by atomic mass is 9.88. The van der Waals surface area contributed by atoms with Gasteiger partial charge >= 0.3 is 0 Å². The summed E-state index contributed by atoms with van der Waals surface area (Å²) in [6.07, 6.45) is 3.27. The van der Waals surface area contributed by atoms with E-state index in [1.54, 1.807) is 12.1 Å². The molecule has 0 atom stereocenters. The van der Waals surface area contributed by atoms with Crippen LogP contribution in [0.2, 0.25) is 0 Å². The van der Waals surface area contributed by atoms with Crippen molar-refractivity contribution in [1.82, 2.24) is 10.2 Å². The Morgan fingerprint density at radius 1 is 0.912 bits per heavy atom. The molecular formula is C29H33FN2O2. The number of unbranched alkanes of at least 4 members (excludes halogenated alkanes) is 1. The molecule has 0 saturated carbocycles. The van der Waals surface area contributed by atoms with Crippen LogP contribution in [0.4, 0.5) is 4.39 Å². The first-order valence-corrected chi connectivity index (χ1v) is 12.1. The Kier molecular flexibility index (Phi) is 8.83. The van der Waals surface area contributed by atoms with Crippen LogP contribution in [0.3, 0.4) is 0 Å². The molecule has 178 valence electrons. The van der Waals surface area contributed by atoms with Crippen LogP contribution in [0.1, 0.15) is 42.0 Å². The van der Waals surface area contributed by atoms with Gasteiger partial charge in [0.2, 0.25) is 5.91 Å². The highest BCUT2D eigenvalue weighted by Crippen LogP contribution is 2.35. The van der Waals surface area contributed by atoms with Crippen molar-refractivity contribution in [3.63, 3.8) is 0 Å². The summed E-state index contributed by atoms with van der Waals surface area (Å²) in [5, 5.41) is 2.92. The number of hydrogen-bond acceptors (Lipinski definition) is 3. The van der Waals surface area contributed by atoms with Gasteiger partial charge in [0.05, 0.1) is 12.6 Å². The van der Waals surface area contributed by atoms with E-state index in [-0.39, 0.29) is 18.3 Å². The van der Waals surface area contributed by atoms with Gasteiger partial charge in [-0.05, 0) is 47.6 Å². The number of benzene rings is 3. The quantitative estimate of drug-likeness (QED) is 0.371. The highest BCUT2D eigenvalue weighted by molar-refractivity contribution is 5.77. The van der Waals surface area contributed by atoms with E-state index in [1.807, 2.05) is 0 Å². The molecule has 1 heterocycles. The van der Waals surface area contributed by atoms with E-state index < -0.39 is 0 Å². The molecular weight excluding hydrogens is 427 g/mol. The van der Waals surface area contributed by atoms with Gasteiger partial charge < -0.3 is 10.1 Å². The van der Waals surface area contributed by atoms with Gasteiger partial charge in [-0.2, -0.15) is 0 Å². The summed E-state index contributed by atoms with van der Waals surface area (Å²) >= 11 is 0. The van der Waals surface area contributed by atoms with Crippen LogP contribution >= 0.6 is 0 Å². The van der Waals surface area contributed by atoms with Gasteiger partial charge in [0.15, 0.2) is 0 Å². The molecule has 34 heavy (non-hydrogen) atoms. The molecule has 0 bridgehead atoms. The van der Waals surface area contributed by atoms with Crippen molar-refractivity contribution in [3.8, 4) is 0 Å². The zero-order chi connectivity index (χ0) is 23.6. The Morgan fingerprint density at radius 3 is 2.15 bits per heavy atom. The molecule has 4 rings (SSSR count). The van der Waals surface area contributed by atoms with Crippen LogP contribution in [0.25, 0.3) is 0 Å². The molecule has 1 aliphatic rings. The second-order valence-corrected chi connectivity index (χ2v) is 9.01. The molecule has 0 aliphatic carbocycles. The third-order valence-corrected chi connectivity index (χ3v) is 6.36. The normalized spacial score (nSPS) is 14.2. The summed E-state index contributed by atoms with van der Waals surface area (Å²) < 4.78 is 18.3. The van der Waals surface area contributed by atoms with Gasteiger partial charge in [0.25, 0.3) is 0 Å². The molecule has 1 amide bonds. The van der Waals surface area contributed by atoms with Gasteiger partial charge in [-0.1, -0.05) is 79.2 Å². The SMILES string of the molecule is O=C(COCc1ccc(F)cc1)NCCCCC1CN(C(c2ccccc2)c2ccccc2)C1. The number of nitrogens with one attached hydrogen (secondary N) is 1. The fraction of sp³-hybridized carbons (Fsp3) is 0.345. The van der Waals surface area contributed by atoms with E-state index in [9.17, 15) is 9.18 Å². The molecule has 1 saturated heterocycles. The minimum absolute atomic E-state index is 0.0231. The summed E-state index contributed by atoms with van der Waals surface area (Å²) in [6.45, 7) is 3.22. The Balaban J connectivity index is 1.11. The standard InChI is InChI=1S/C29H33FN2O2/c30-27-16-14-23(15-17-27)21-34-22-28(33)31-18-8-7-9-24-19-32(20-24)29(25-10-3-1-4-11-25)26-12-5-2-6-13-26/h1-6,10-17,24,29H,7-9,18-22H2,(H,31,33). The highest BCUT2D eigenvalue weighted by atomic mass is 19.1. The number of nitrogens with zero attached hydrogens (tertiary/aromatic N) is 1. The first-order chi connectivity index (χ1) is 16.7. The van der Waals surface area contributed by atoms with Gasteiger partial charge in [-0.25, -0.2) is 4.39 Å². The summed E-state index contributed by atoms with van der Waals surface area (Å²) in [6, 6.07) is 27.9. The number of halogens is 1. The second-order valence-electron chi connectivity index (χ2n) is 9.01. The van der Waals surface area contributed by atoms with Gasteiger partial charge in [-0.3, -0.25) is 9.69 Å². The zero-order valence-corrected chi connectivity index (χ0v) is 19.5. The van der Waals surface area contributed by atoms with Gasteiger partial charge in [0.1, 0.15) is 12.4 Å². The summed E-state index contributed by atoms with van der Waals surface area (Å²) in [5.41, 5.74) is 3.54. The number of rotatable bonds is 12. The molecule has 0 unspecified atom stereocenters. The van der Waals surface area contributed by atoms with Crippen LogP contribution in [-0.2, 0) is 16.1 Å². The predicted molar refractivity (Wildman–Crippen MR) is 133 cm³/mol. The summed E-state index contributed by atoms with van der Waals surface area (Å²) in [4.78, 5) is 14.5. The number of hydrogen-bond donors (Lipinski definition) is 1. The number of ether oxygens (including phenoxy) is 1. The molecule has 1 aliphatic heterocycles. The molecule has 0 radical (unpaired) electrons. The van der Waals surface area contributed by atoms with Crippen molar-refractivity contribution < 1.29 is 13.9 Å². The van der Waals surface area contributed by atoms with Crippen molar-refractivity contribution in [2.75, 3.05) is 26.2 Å². The maximum Gasteiger partial charge on any atom is 0.246 e. The number of likely N-dealkylation sites (tertiary alicyclic amines) is 1. The molecule has 3 aromatic carbocycles. The van der Waals surface area contributed by atoms with Crippen LogP contribution in [0.5, 0.6) is 0 Å². The highest BCUT2D eigenvalue weighted by Gasteiger charge is 2.33. The van der Waals surface area contributed by atoms with Crippen molar-refractivity contribution in [2.24, 2.45) is 5.92 Å². The first-order valence-electron chi connectivity index (χ1n) is 12.1. The zero-order valence-electron chi connectivity index (χ0n) is 19.5. The molecule has 5 heteroatoms. The van der Waals surface area contributed by atoms with Crippen LogP contribution < -0.4 is 5.32 Å². The fourth-order valence-corrected chi connectivity index (χ4v) is 4.57. The molecule has 0 spiro atoms. The van der Waals surface area contributed by atoms with E-state index in [2.05, 4.69) is 70.9 Å². The molecule has 3 aromatic rings. The van der Waals surface area contributed by atoms with Crippen molar-refractivity contribution >= 4 is 5.91 Å². The van der Waals surface area contributed by atoms with Crippen LogP contribution in [0, 0.1) is 11.7 Å². The number of carbonyl (C=O) groups excluding carboxylic acids is 1. The molecule has 1 fully saturated rings. The lowest BCUT2D eigenvalue weighted by Crippen LogP contribution is -2.48. The lowest BCUT2D eigenvalue weighted by Gasteiger charge is -2.45. The third-order valence-electron chi connectivity index (χ3n) is 6.36. The van der Waals surface area contributed by atoms with Gasteiger partial charge in [-0.15, -0.1) is 0 Å². The monoisotopic (exact) mass is 460 g/mol. The maximum absolute atomic E-state index is 12.9. The fourth-order valence-electron chi connectivity index (χ4n) is 4.57. The van der Waals surface area contributed by atoms with Crippen molar-refractivity contribution in [2.45, 2.75) is 31.9 Å². The van der Waals surface area contributed by atoms with Crippen molar-refractivity contribution in [3.05, 3.63) is 107 Å². The lowest BCUT2D eigenvalue weighted by molar-refractivity contribution is -0.126. The van der Waals surface area contributed by atoms with E-state index in [4.69, 9.17) is 4.74 Å². The van der Waals surface area contributed by atoms with E-state index in [0.717, 1.165) is 31.5 Å². The minimum atomic E-state index is -0.275. The average Bonchev–Trinajstić information content (AvgIpc) is 2.84. The molecule has 0 aromatic heterocycles. The summed E-state index contributed by atoms with van der Waals surface area (Å²) in [5.74, 6) is 0.332. The largest absolute Gasteiger partial charge is 0.367 e. The Labute approximate surface area is 201 Å². The minimum Gasteiger partial charge on any atom is -0.367 e. The van der Waals surface area contributed by atoms with E-state index >= 15 is 0 Å². The molecule has 1 N–H and O–H groups in total. The van der Waals surface area contributed by atoms with E-state index in [0.29, 0.717) is 25.1 Å². The maximum atomic E-state index is 12.9. The number of amides is 1. The number of carbonyl (C=O) groups is 1. The second kappa shape index (κ2) is 12.4. The Bertz CT molecular complexity index is 966. The predicted octanol–water partition coefficient (Wildman–Crippen LogP) is 5.35. The average molecular weight is 461 g/mol. The molecule has 4 nitrogen and oxygen atoms in total. The Hall–Kier alpha value is -3.02. The van der Waals surface area contributed by atoms with Crippen molar-refractivity contribution in [1.29, 1.82) is 0 Å². The van der Waals surface area contributed by atoms with E-state index in [1.165, 1.54) is 29.7 Å².